The molecule has 1 unspecified atom stereocenters. The van der Waals surface area contributed by atoms with Gasteiger partial charge in [0.25, 0.3) is 0 Å². The van der Waals surface area contributed by atoms with Gasteiger partial charge >= 0.3 is 5.97 Å². The minimum Gasteiger partial charge on any atom is -0.462 e. The molecule has 1 heterocycles. The van der Waals surface area contributed by atoms with E-state index in [1.807, 2.05) is 0 Å². The molecule has 23 heavy (non-hydrogen) atoms. The molecule has 130 valence electrons. The van der Waals surface area contributed by atoms with Crippen LogP contribution in [0.3, 0.4) is 0 Å². The maximum Gasteiger partial charge on any atom is 0.338 e. The van der Waals surface area contributed by atoms with E-state index in [2.05, 4.69) is 15.9 Å². The minimum atomic E-state index is -3.63. The largest absolute Gasteiger partial charge is 0.462 e. The fourth-order valence-corrected chi connectivity index (χ4v) is 5.28. The summed E-state index contributed by atoms with van der Waals surface area (Å²) in [6.07, 6.45) is 1.58. The lowest BCUT2D eigenvalue weighted by Gasteiger charge is -2.23. The van der Waals surface area contributed by atoms with Crippen molar-refractivity contribution in [3.8, 4) is 0 Å². The summed E-state index contributed by atoms with van der Waals surface area (Å²) in [5, 5.41) is 0. The molecule has 1 atom stereocenters. The molecule has 2 rings (SSSR count). The van der Waals surface area contributed by atoms with Gasteiger partial charge in [-0.1, -0.05) is 0 Å². The maximum atomic E-state index is 12.8. The van der Waals surface area contributed by atoms with E-state index < -0.39 is 16.0 Å². The molecule has 0 aliphatic carbocycles. The van der Waals surface area contributed by atoms with Crippen molar-refractivity contribution in [2.75, 3.05) is 19.7 Å². The molecular formula is C14H20BrClN2O4S. The molecule has 2 N–H and O–H groups in total. The van der Waals surface area contributed by atoms with Crippen LogP contribution in [-0.2, 0) is 14.8 Å². The van der Waals surface area contributed by atoms with E-state index in [0.717, 1.165) is 12.8 Å². The quantitative estimate of drug-likeness (QED) is 0.727. The smallest absolute Gasteiger partial charge is 0.338 e. The number of rotatable bonds is 5. The second-order valence-electron chi connectivity index (χ2n) is 5.01. The summed E-state index contributed by atoms with van der Waals surface area (Å²) < 4.78 is 32.2. The maximum absolute atomic E-state index is 12.8. The highest BCUT2D eigenvalue weighted by Crippen LogP contribution is 2.30. The Labute approximate surface area is 151 Å². The number of nitrogens with two attached hydrogens (primary N) is 1. The van der Waals surface area contributed by atoms with Crippen LogP contribution in [-0.4, -0.2) is 44.4 Å². The Morgan fingerprint density at radius 2 is 2.17 bits per heavy atom. The molecule has 1 aromatic rings. The number of sulfonamides is 1. The fraction of sp³-hybridized carbons (Fsp3) is 0.500. The fourth-order valence-electron chi connectivity index (χ4n) is 2.54. The van der Waals surface area contributed by atoms with Gasteiger partial charge in [0, 0.05) is 23.6 Å². The Balaban J connectivity index is 0.00000264. The van der Waals surface area contributed by atoms with Crippen molar-refractivity contribution in [3.05, 3.63) is 28.2 Å². The molecule has 1 saturated heterocycles. The van der Waals surface area contributed by atoms with Crippen molar-refractivity contribution in [2.45, 2.75) is 30.7 Å². The Bertz CT molecular complexity index is 669. The summed E-state index contributed by atoms with van der Waals surface area (Å²) in [5.74, 6) is -0.479. The molecule has 1 aliphatic heterocycles. The Morgan fingerprint density at radius 1 is 1.48 bits per heavy atom. The highest BCUT2D eigenvalue weighted by Gasteiger charge is 2.35. The molecule has 9 heteroatoms. The average Bonchev–Trinajstić information content (AvgIpc) is 2.96. The monoisotopic (exact) mass is 426 g/mol. The highest BCUT2D eigenvalue weighted by atomic mass is 79.9. The van der Waals surface area contributed by atoms with Crippen molar-refractivity contribution in [1.29, 1.82) is 0 Å². The van der Waals surface area contributed by atoms with Gasteiger partial charge in [0.15, 0.2) is 0 Å². The summed E-state index contributed by atoms with van der Waals surface area (Å²) in [4.78, 5) is 11.8. The topological polar surface area (TPSA) is 89.7 Å². The van der Waals surface area contributed by atoms with E-state index in [1.165, 1.54) is 22.5 Å². The summed E-state index contributed by atoms with van der Waals surface area (Å²) in [6.45, 7) is 2.75. The number of ether oxygens (including phenoxy) is 1. The van der Waals surface area contributed by atoms with E-state index in [9.17, 15) is 13.2 Å². The van der Waals surface area contributed by atoms with Crippen LogP contribution in [0.5, 0.6) is 0 Å². The lowest BCUT2D eigenvalue weighted by molar-refractivity contribution is 0.0526. The van der Waals surface area contributed by atoms with E-state index in [-0.39, 0.29) is 30.0 Å². The summed E-state index contributed by atoms with van der Waals surface area (Å²) in [7, 11) is -3.63. The molecule has 1 fully saturated rings. The van der Waals surface area contributed by atoms with Crippen molar-refractivity contribution in [1.82, 2.24) is 4.31 Å². The SMILES string of the molecule is CCOC(=O)c1ccc(S(=O)(=O)N2CCCC2CN)c(Br)c1.Cl. The standard InChI is InChI=1S/C14H19BrN2O4S.ClH/c1-2-21-14(18)10-5-6-13(12(15)8-10)22(19,20)17-7-3-4-11(17)9-16;/h5-6,8,11H,2-4,7,9,16H2,1H3;1H. The number of nitrogens with zero attached hydrogens (tertiary/aromatic N) is 1. The molecule has 0 aromatic heterocycles. The van der Waals surface area contributed by atoms with Gasteiger partial charge in [-0.25, -0.2) is 13.2 Å². The van der Waals surface area contributed by atoms with Crippen LogP contribution in [0.2, 0.25) is 0 Å². The zero-order valence-electron chi connectivity index (χ0n) is 12.7. The van der Waals surface area contributed by atoms with Gasteiger partial charge in [-0.05, 0) is 53.9 Å². The molecule has 0 amide bonds. The van der Waals surface area contributed by atoms with Crippen molar-refractivity contribution in [2.24, 2.45) is 5.73 Å². The Morgan fingerprint density at radius 3 is 2.74 bits per heavy atom. The average molecular weight is 428 g/mol. The van der Waals surface area contributed by atoms with Gasteiger partial charge < -0.3 is 10.5 Å². The van der Waals surface area contributed by atoms with Crippen molar-refractivity contribution >= 4 is 44.3 Å². The summed E-state index contributed by atoms with van der Waals surface area (Å²) in [6, 6.07) is 4.20. The molecule has 0 spiro atoms. The zero-order valence-corrected chi connectivity index (χ0v) is 15.9. The van der Waals surface area contributed by atoms with Crippen molar-refractivity contribution < 1.29 is 17.9 Å². The van der Waals surface area contributed by atoms with Gasteiger partial charge in [-0.2, -0.15) is 4.31 Å². The third-order valence-corrected chi connectivity index (χ3v) is 6.55. The number of hydrogen-bond acceptors (Lipinski definition) is 5. The number of halogens is 2. The predicted molar refractivity (Wildman–Crippen MR) is 93.3 cm³/mol. The number of carbonyl (C=O) groups is 1. The number of benzene rings is 1. The zero-order chi connectivity index (χ0) is 16.3. The van der Waals surface area contributed by atoms with E-state index in [0.29, 0.717) is 23.1 Å². The number of carbonyl (C=O) groups excluding carboxylic acids is 1. The molecule has 6 nitrogen and oxygen atoms in total. The normalized spacial score (nSPS) is 18.5. The molecule has 1 aromatic carbocycles. The Hall–Kier alpha value is -0.670. The number of esters is 1. The van der Waals surface area contributed by atoms with Crippen molar-refractivity contribution in [3.63, 3.8) is 0 Å². The van der Waals surface area contributed by atoms with E-state index in [4.69, 9.17) is 10.5 Å². The van der Waals surface area contributed by atoms with E-state index in [1.54, 1.807) is 6.92 Å². The first-order valence-corrected chi connectivity index (χ1v) is 9.33. The summed E-state index contributed by atoms with van der Waals surface area (Å²) in [5.41, 5.74) is 5.96. The van der Waals surface area contributed by atoms with E-state index >= 15 is 0 Å². The first kappa shape index (κ1) is 20.4. The Kier molecular flexibility index (Phi) is 7.47. The van der Waals surface area contributed by atoms with Gasteiger partial charge in [-0.3, -0.25) is 0 Å². The lowest BCUT2D eigenvalue weighted by Crippen LogP contribution is -2.40. The van der Waals surface area contributed by atoms with Crippen LogP contribution in [0.1, 0.15) is 30.1 Å². The van der Waals surface area contributed by atoms with Gasteiger partial charge in [0.1, 0.15) is 0 Å². The minimum absolute atomic E-state index is 0. The van der Waals surface area contributed by atoms with Gasteiger partial charge in [0.2, 0.25) is 10.0 Å². The molecule has 1 aliphatic rings. The number of hydrogen-bond donors (Lipinski definition) is 1. The van der Waals surface area contributed by atoms with Crippen LogP contribution in [0.25, 0.3) is 0 Å². The van der Waals surface area contributed by atoms with Gasteiger partial charge in [-0.15, -0.1) is 12.4 Å². The summed E-state index contributed by atoms with van der Waals surface area (Å²) >= 11 is 3.25. The van der Waals surface area contributed by atoms with Crippen LogP contribution < -0.4 is 5.73 Å². The van der Waals surface area contributed by atoms with Crippen LogP contribution in [0.15, 0.2) is 27.6 Å². The third kappa shape index (κ3) is 4.24. The second kappa shape index (κ2) is 8.43. The molecular weight excluding hydrogens is 408 g/mol. The highest BCUT2D eigenvalue weighted by molar-refractivity contribution is 9.10. The van der Waals surface area contributed by atoms with Gasteiger partial charge in [0.05, 0.1) is 17.1 Å². The molecule has 0 radical (unpaired) electrons. The first-order chi connectivity index (χ1) is 10.4. The molecule has 0 saturated carbocycles. The third-order valence-electron chi connectivity index (χ3n) is 3.62. The molecule has 0 bridgehead atoms. The second-order valence-corrected chi connectivity index (χ2v) is 7.73. The first-order valence-electron chi connectivity index (χ1n) is 7.10. The van der Waals surface area contributed by atoms with Crippen LogP contribution in [0.4, 0.5) is 0 Å². The van der Waals surface area contributed by atoms with Crippen LogP contribution in [0, 0.1) is 0 Å². The predicted octanol–water partition coefficient (Wildman–Crippen LogP) is 2.16. The van der Waals surface area contributed by atoms with Crippen LogP contribution >= 0.6 is 28.3 Å². The lowest BCUT2D eigenvalue weighted by atomic mass is 10.2.